The van der Waals surface area contributed by atoms with Crippen molar-refractivity contribution in [3.63, 3.8) is 0 Å². The molecule has 144 valence electrons. The predicted octanol–water partition coefficient (Wildman–Crippen LogP) is 4.32. The first-order valence-corrected chi connectivity index (χ1v) is 8.70. The van der Waals surface area contributed by atoms with Crippen molar-refractivity contribution in [2.45, 2.75) is 0 Å². The van der Waals surface area contributed by atoms with Crippen LogP contribution >= 0.6 is 0 Å². The van der Waals surface area contributed by atoms with Crippen molar-refractivity contribution in [3.8, 4) is 34.3 Å². The smallest absolute Gasteiger partial charge is 0.143 e. The summed E-state index contributed by atoms with van der Waals surface area (Å²) in [5.41, 5.74) is 3.34. The molecule has 0 fully saturated rings. The van der Waals surface area contributed by atoms with Gasteiger partial charge in [-0.3, -0.25) is 9.97 Å². The van der Waals surface area contributed by atoms with Crippen LogP contribution in [0.4, 0.5) is 0 Å². The Labute approximate surface area is 180 Å². The van der Waals surface area contributed by atoms with Gasteiger partial charge in [-0.1, -0.05) is 24.3 Å². The van der Waals surface area contributed by atoms with Gasteiger partial charge in [0.15, 0.2) is 0 Å². The van der Waals surface area contributed by atoms with E-state index in [9.17, 15) is 10.2 Å². The van der Waals surface area contributed by atoms with Crippen LogP contribution in [0, 0.1) is 0 Å². The molecule has 6 nitrogen and oxygen atoms in total. The van der Waals surface area contributed by atoms with Crippen LogP contribution in [-0.4, -0.2) is 30.1 Å². The van der Waals surface area contributed by atoms with Crippen molar-refractivity contribution in [3.05, 3.63) is 73.1 Å². The van der Waals surface area contributed by atoms with E-state index in [2.05, 4.69) is 9.97 Å². The summed E-state index contributed by atoms with van der Waals surface area (Å²) < 4.78 is 0. The van der Waals surface area contributed by atoms with E-state index in [1.165, 1.54) is 0 Å². The Morgan fingerprint density at radius 3 is 1.38 bits per heavy atom. The molecule has 29 heavy (non-hydrogen) atoms. The van der Waals surface area contributed by atoms with Crippen LogP contribution in [0.3, 0.4) is 0 Å². The number of aromatic nitrogens is 4. The number of pyridine rings is 4. The number of aromatic hydroxyl groups is 2. The number of nitrogens with zero attached hydrogens (tertiary/aromatic N) is 4. The largest absolute Gasteiger partial charge is 0.506 e. The van der Waals surface area contributed by atoms with E-state index < -0.39 is 0 Å². The van der Waals surface area contributed by atoms with Crippen molar-refractivity contribution in [1.29, 1.82) is 0 Å². The molecule has 0 saturated carbocycles. The van der Waals surface area contributed by atoms with E-state index in [-0.39, 0.29) is 32.6 Å². The maximum atomic E-state index is 10.1. The summed E-state index contributed by atoms with van der Waals surface area (Å²) in [6.45, 7) is 0. The summed E-state index contributed by atoms with van der Waals surface area (Å²) in [6, 6.07) is 18.0. The third-order valence-corrected chi connectivity index (χ3v) is 4.58. The molecule has 7 heteroatoms. The Morgan fingerprint density at radius 2 is 0.966 bits per heavy atom. The van der Waals surface area contributed by atoms with Crippen molar-refractivity contribution in [2.75, 3.05) is 0 Å². The first-order valence-electron chi connectivity index (χ1n) is 8.70. The zero-order valence-electron chi connectivity index (χ0n) is 14.9. The molecule has 2 N–H and O–H groups in total. The number of fused-ring (bicyclic) bond motifs is 3. The van der Waals surface area contributed by atoms with Gasteiger partial charge in [0.25, 0.3) is 0 Å². The van der Waals surface area contributed by atoms with Gasteiger partial charge in [-0.25, -0.2) is 9.97 Å². The fourth-order valence-electron chi connectivity index (χ4n) is 3.22. The molecule has 0 atom stereocenters. The minimum Gasteiger partial charge on any atom is -0.506 e. The molecule has 4 aromatic heterocycles. The fraction of sp³-hybridized carbons (Fsp3) is 0. The average molecular weight is 561 g/mol. The molecule has 0 saturated heterocycles. The molecule has 5 aromatic rings. The van der Waals surface area contributed by atoms with Crippen molar-refractivity contribution < 1.29 is 31.3 Å². The minimum absolute atomic E-state index is 0. The number of hydrogen-bond acceptors (Lipinski definition) is 6. The van der Waals surface area contributed by atoms with E-state index in [0.29, 0.717) is 33.8 Å². The van der Waals surface area contributed by atoms with Crippen LogP contribution in [0.25, 0.3) is 44.6 Å². The summed E-state index contributed by atoms with van der Waals surface area (Å²) in [6.07, 6.45) is 3.23. The maximum absolute atomic E-state index is 10.1. The molecular weight excluding hydrogens is 547 g/mol. The summed E-state index contributed by atoms with van der Waals surface area (Å²) in [5.74, 6) is 0.142. The Bertz CT molecular complexity index is 1250. The molecule has 4 heterocycles. The van der Waals surface area contributed by atoms with Gasteiger partial charge in [-0.05, 0) is 36.4 Å². The van der Waals surface area contributed by atoms with Gasteiger partial charge >= 0.3 is 0 Å². The normalized spacial score (nSPS) is 10.8. The van der Waals surface area contributed by atoms with E-state index in [4.69, 9.17) is 9.97 Å². The Hall–Kier alpha value is -3.37. The molecule has 0 amide bonds. The quantitative estimate of drug-likeness (QED) is 0.312. The van der Waals surface area contributed by atoms with E-state index >= 15 is 0 Å². The second-order valence-corrected chi connectivity index (χ2v) is 6.34. The van der Waals surface area contributed by atoms with Gasteiger partial charge in [-0.15, -0.1) is 0 Å². The fourth-order valence-corrected chi connectivity index (χ4v) is 3.22. The standard InChI is InChI=1S/C22H14N4O2.Pt/c27-17-3-1-11-23-21(17)15-9-7-13-5-6-14-8-10-16(26-20(14)19(13)25-15)22-18(28)4-2-12-24-22;/h1-12,27-28H;. The van der Waals surface area contributed by atoms with Crippen LogP contribution in [0.15, 0.2) is 73.1 Å². The molecular formula is C22H14N4O2Pt. The van der Waals surface area contributed by atoms with Crippen LogP contribution in [-0.2, 0) is 21.1 Å². The zero-order valence-corrected chi connectivity index (χ0v) is 17.2. The van der Waals surface area contributed by atoms with Gasteiger partial charge in [0.05, 0.1) is 22.4 Å². The Morgan fingerprint density at radius 1 is 0.552 bits per heavy atom. The molecule has 0 aliphatic heterocycles. The SMILES string of the molecule is Oc1cccnc1-c1ccc2ccc3ccc(-c4ncccc4O)nc3c2n1.[Pt]. The van der Waals surface area contributed by atoms with E-state index in [0.717, 1.165) is 10.8 Å². The monoisotopic (exact) mass is 561 g/mol. The van der Waals surface area contributed by atoms with Crippen LogP contribution in [0.5, 0.6) is 11.5 Å². The predicted molar refractivity (Wildman–Crippen MR) is 107 cm³/mol. The van der Waals surface area contributed by atoms with Gasteiger partial charge in [0, 0.05) is 44.2 Å². The number of hydrogen-bond donors (Lipinski definition) is 2. The van der Waals surface area contributed by atoms with E-state index in [1.807, 2.05) is 36.4 Å². The second kappa shape index (κ2) is 7.57. The summed E-state index contributed by atoms with van der Waals surface area (Å²) in [7, 11) is 0. The second-order valence-electron chi connectivity index (χ2n) is 6.34. The first kappa shape index (κ1) is 19.0. The molecule has 0 aliphatic rings. The molecule has 0 bridgehead atoms. The molecule has 0 unspecified atom stereocenters. The molecule has 1 aromatic carbocycles. The topological polar surface area (TPSA) is 92.0 Å². The Kier molecular flexibility index (Phi) is 4.95. The molecule has 0 spiro atoms. The van der Waals surface area contributed by atoms with Crippen molar-refractivity contribution in [2.24, 2.45) is 0 Å². The zero-order chi connectivity index (χ0) is 19.1. The first-order chi connectivity index (χ1) is 13.7. The van der Waals surface area contributed by atoms with E-state index in [1.54, 1.807) is 36.7 Å². The van der Waals surface area contributed by atoms with Crippen LogP contribution < -0.4 is 0 Å². The van der Waals surface area contributed by atoms with Crippen molar-refractivity contribution >= 4 is 21.8 Å². The number of rotatable bonds is 2. The van der Waals surface area contributed by atoms with Gasteiger partial charge in [0.2, 0.25) is 0 Å². The molecule has 0 radical (unpaired) electrons. The van der Waals surface area contributed by atoms with Gasteiger partial charge < -0.3 is 10.2 Å². The third kappa shape index (κ3) is 3.32. The maximum Gasteiger partial charge on any atom is 0.143 e. The van der Waals surface area contributed by atoms with Gasteiger partial charge in [-0.2, -0.15) is 0 Å². The summed E-state index contributed by atoms with van der Waals surface area (Å²) in [4.78, 5) is 17.9. The Balaban J connectivity index is 0.00000205. The summed E-state index contributed by atoms with van der Waals surface area (Å²) in [5, 5.41) is 22.1. The van der Waals surface area contributed by atoms with Gasteiger partial charge in [0.1, 0.15) is 22.9 Å². The van der Waals surface area contributed by atoms with Crippen LogP contribution in [0.1, 0.15) is 0 Å². The van der Waals surface area contributed by atoms with Crippen LogP contribution in [0.2, 0.25) is 0 Å². The summed E-state index contributed by atoms with van der Waals surface area (Å²) >= 11 is 0. The number of benzene rings is 1. The van der Waals surface area contributed by atoms with Crippen molar-refractivity contribution in [1.82, 2.24) is 19.9 Å². The minimum atomic E-state index is 0. The molecule has 5 rings (SSSR count). The third-order valence-electron chi connectivity index (χ3n) is 4.58. The average Bonchev–Trinajstić information content (AvgIpc) is 2.74. The molecule has 0 aliphatic carbocycles.